The van der Waals surface area contributed by atoms with Gasteiger partial charge in [-0.25, -0.2) is 0 Å². The van der Waals surface area contributed by atoms with Crippen molar-refractivity contribution in [1.82, 2.24) is 10.2 Å². The van der Waals surface area contributed by atoms with E-state index in [1.807, 2.05) is 0 Å². The number of hydrogen-bond acceptors (Lipinski definition) is 8. The molecular weight excluding hydrogens is 292 g/mol. The summed E-state index contributed by atoms with van der Waals surface area (Å²) >= 11 is 0. The van der Waals surface area contributed by atoms with Crippen molar-refractivity contribution in [3.63, 3.8) is 0 Å². The molecule has 0 aliphatic heterocycles. The van der Waals surface area contributed by atoms with Crippen LogP contribution < -0.4 is 14.2 Å². The zero-order chi connectivity index (χ0) is 16.3. The molecule has 1 aromatic carbocycles. The van der Waals surface area contributed by atoms with Gasteiger partial charge in [-0.2, -0.15) is 10.2 Å². The van der Waals surface area contributed by atoms with Crippen LogP contribution in [0.1, 0.15) is 20.8 Å². The summed E-state index contributed by atoms with van der Waals surface area (Å²) in [7, 11) is 0. The lowest BCUT2D eigenvalue weighted by atomic mass is 10.1. The molecule has 0 aliphatic rings. The Morgan fingerprint density at radius 2 is 1.27 bits per heavy atom. The molecule has 0 N–H and O–H groups in total. The van der Waals surface area contributed by atoms with Crippen LogP contribution in [0.15, 0.2) is 18.5 Å². The second-order valence-electron chi connectivity index (χ2n) is 4.30. The van der Waals surface area contributed by atoms with Gasteiger partial charge in [-0.15, -0.1) is 0 Å². The minimum atomic E-state index is -0.622. The summed E-state index contributed by atoms with van der Waals surface area (Å²) < 4.78 is 15.2. The second-order valence-corrected chi connectivity index (χ2v) is 4.30. The van der Waals surface area contributed by atoms with E-state index in [0.29, 0.717) is 10.8 Å². The number of aromatic nitrogens is 2. The van der Waals surface area contributed by atoms with Crippen molar-refractivity contribution < 1.29 is 28.6 Å². The van der Waals surface area contributed by atoms with Crippen LogP contribution in [0.25, 0.3) is 10.8 Å². The largest absolute Gasteiger partial charge is 0.426 e. The SMILES string of the molecule is CC(=O)Oc1cc(OC(C)=O)c2cnncc2c1OC(C)=O. The van der Waals surface area contributed by atoms with Gasteiger partial charge in [0.25, 0.3) is 0 Å². The first-order valence-electron chi connectivity index (χ1n) is 6.21. The zero-order valence-corrected chi connectivity index (χ0v) is 12.1. The van der Waals surface area contributed by atoms with Gasteiger partial charge in [-0.05, 0) is 0 Å². The highest BCUT2D eigenvalue weighted by atomic mass is 16.6. The smallest absolute Gasteiger partial charge is 0.308 e. The van der Waals surface area contributed by atoms with Crippen molar-refractivity contribution in [3.8, 4) is 17.2 Å². The topological polar surface area (TPSA) is 105 Å². The van der Waals surface area contributed by atoms with Gasteiger partial charge in [-0.3, -0.25) is 14.4 Å². The Bertz CT molecular complexity index is 771. The van der Waals surface area contributed by atoms with Crippen LogP contribution in [-0.2, 0) is 14.4 Å². The number of ether oxygens (including phenoxy) is 3. The molecule has 8 heteroatoms. The van der Waals surface area contributed by atoms with E-state index in [1.54, 1.807) is 0 Å². The Morgan fingerprint density at radius 3 is 1.82 bits per heavy atom. The molecule has 0 fully saturated rings. The molecule has 0 bridgehead atoms. The third-order valence-corrected chi connectivity index (χ3v) is 2.48. The van der Waals surface area contributed by atoms with E-state index in [2.05, 4.69) is 10.2 Å². The summed E-state index contributed by atoms with van der Waals surface area (Å²) in [5.41, 5.74) is 0. The summed E-state index contributed by atoms with van der Waals surface area (Å²) in [5.74, 6) is -1.73. The van der Waals surface area contributed by atoms with Crippen molar-refractivity contribution in [1.29, 1.82) is 0 Å². The molecular formula is C14H12N2O6. The molecule has 0 unspecified atom stereocenters. The molecule has 0 radical (unpaired) electrons. The number of esters is 3. The predicted octanol–water partition coefficient (Wildman–Crippen LogP) is 1.41. The van der Waals surface area contributed by atoms with E-state index < -0.39 is 17.9 Å². The number of fused-ring (bicyclic) bond motifs is 1. The Kier molecular flexibility index (Phi) is 4.31. The molecule has 2 aromatic rings. The molecule has 8 nitrogen and oxygen atoms in total. The fourth-order valence-electron chi connectivity index (χ4n) is 1.81. The first-order chi connectivity index (χ1) is 10.4. The van der Waals surface area contributed by atoms with Crippen molar-refractivity contribution >= 4 is 28.7 Å². The van der Waals surface area contributed by atoms with Crippen LogP contribution in [0.5, 0.6) is 17.2 Å². The molecule has 1 aromatic heterocycles. The lowest BCUT2D eigenvalue weighted by molar-refractivity contribution is -0.134. The van der Waals surface area contributed by atoms with Gasteiger partial charge < -0.3 is 14.2 Å². The maximum atomic E-state index is 11.3. The number of carbonyl (C=O) groups is 3. The quantitative estimate of drug-likeness (QED) is 0.619. The van der Waals surface area contributed by atoms with E-state index in [0.717, 1.165) is 0 Å². The number of nitrogens with zero attached hydrogens (tertiary/aromatic N) is 2. The minimum Gasteiger partial charge on any atom is -0.426 e. The number of benzene rings is 1. The molecule has 0 aliphatic carbocycles. The molecule has 22 heavy (non-hydrogen) atoms. The van der Waals surface area contributed by atoms with E-state index in [9.17, 15) is 14.4 Å². The van der Waals surface area contributed by atoms with Crippen molar-refractivity contribution in [2.75, 3.05) is 0 Å². The first-order valence-corrected chi connectivity index (χ1v) is 6.21. The highest BCUT2D eigenvalue weighted by molar-refractivity contribution is 5.97. The van der Waals surface area contributed by atoms with Gasteiger partial charge in [0, 0.05) is 26.8 Å². The second kappa shape index (κ2) is 6.17. The van der Waals surface area contributed by atoms with Gasteiger partial charge in [0.1, 0.15) is 5.75 Å². The molecule has 0 amide bonds. The Labute approximate surface area is 125 Å². The molecule has 2 rings (SSSR count). The van der Waals surface area contributed by atoms with E-state index >= 15 is 0 Å². The van der Waals surface area contributed by atoms with Crippen LogP contribution in [0.2, 0.25) is 0 Å². The number of hydrogen-bond donors (Lipinski definition) is 0. The number of rotatable bonds is 3. The third kappa shape index (κ3) is 3.35. The molecule has 114 valence electrons. The minimum absolute atomic E-state index is 0.00324. The average Bonchev–Trinajstić information content (AvgIpc) is 2.41. The first kappa shape index (κ1) is 15.4. The summed E-state index contributed by atoms with van der Waals surface area (Å²) in [6.45, 7) is 3.63. The Balaban J connectivity index is 2.74. The predicted molar refractivity (Wildman–Crippen MR) is 73.5 cm³/mol. The fourth-order valence-corrected chi connectivity index (χ4v) is 1.81. The van der Waals surface area contributed by atoms with Gasteiger partial charge >= 0.3 is 17.9 Å². The van der Waals surface area contributed by atoms with Crippen molar-refractivity contribution in [2.24, 2.45) is 0 Å². The lowest BCUT2D eigenvalue weighted by Gasteiger charge is -2.14. The zero-order valence-electron chi connectivity index (χ0n) is 12.1. The normalized spacial score (nSPS) is 10.1. The molecule has 0 spiro atoms. The van der Waals surface area contributed by atoms with E-state index in [1.165, 1.54) is 39.2 Å². The standard InChI is InChI=1S/C14H12N2O6/c1-7(17)20-12-4-13(21-8(2)18)14(22-9(3)19)11-6-16-15-5-10(11)12/h4-6H,1-3H3. The summed E-state index contributed by atoms with van der Waals surface area (Å²) in [6, 6.07) is 1.28. The Hall–Kier alpha value is -3.03. The maximum Gasteiger partial charge on any atom is 0.308 e. The number of carbonyl (C=O) groups excluding carboxylic acids is 3. The molecule has 0 atom stereocenters. The molecule has 1 heterocycles. The van der Waals surface area contributed by atoms with E-state index in [-0.39, 0.29) is 17.2 Å². The van der Waals surface area contributed by atoms with Crippen LogP contribution in [0.3, 0.4) is 0 Å². The van der Waals surface area contributed by atoms with Gasteiger partial charge in [0.15, 0.2) is 11.5 Å². The molecule has 0 saturated carbocycles. The highest BCUT2D eigenvalue weighted by Crippen LogP contribution is 2.41. The highest BCUT2D eigenvalue weighted by Gasteiger charge is 2.20. The third-order valence-electron chi connectivity index (χ3n) is 2.48. The van der Waals surface area contributed by atoms with Gasteiger partial charge in [0.05, 0.1) is 23.2 Å². The van der Waals surface area contributed by atoms with Crippen LogP contribution in [0, 0.1) is 0 Å². The maximum absolute atomic E-state index is 11.3. The summed E-state index contributed by atoms with van der Waals surface area (Å²) in [5, 5.41) is 8.11. The van der Waals surface area contributed by atoms with Gasteiger partial charge in [0.2, 0.25) is 0 Å². The Morgan fingerprint density at radius 1 is 0.773 bits per heavy atom. The van der Waals surface area contributed by atoms with Gasteiger partial charge in [-0.1, -0.05) is 0 Å². The summed E-state index contributed by atoms with van der Waals surface area (Å²) in [6.07, 6.45) is 2.66. The lowest BCUT2D eigenvalue weighted by Crippen LogP contribution is -2.09. The molecule has 0 saturated heterocycles. The van der Waals surface area contributed by atoms with Crippen molar-refractivity contribution in [3.05, 3.63) is 18.5 Å². The fraction of sp³-hybridized carbons (Fsp3) is 0.214. The van der Waals surface area contributed by atoms with Crippen LogP contribution in [-0.4, -0.2) is 28.1 Å². The summed E-state index contributed by atoms with van der Waals surface area (Å²) in [4.78, 5) is 33.7. The monoisotopic (exact) mass is 304 g/mol. The van der Waals surface area contributed by atoms with Crippen molar-refractivity contribution in [2.45, 2.75) is 20.8 Å². The average molecular weight is 304 g/mol. The van der Waals surface area contributed by atoms with E-state index in [4.69, 9.17) is 14.2 Å². The van der Waals surface area contributed by atoms with Crippen LogP contribution >= 0.6 is 0 Å². The van der Waals surface area contributed by atoms with Crippen LogP contribution in [0.4, 0.5) is 0 Å².